The molecule has 0 saturated heterocycles. The largest absolute Gasteiger partial charge is 0.467 e. The van der Waals surface area contributed by atoms with Gasteiger partial charge in [-0.15, -0.1) is 11.3 Å². The molecule has 0 unspecified atom stereocenters. The van der Waals surface area contributed by atoms with Gasteiger partial charge in [0, 0.05) is 0 Å². The molecule has 0 radical (unpaired) electrons. The number of methoxy groups -OCH3 is 1. The van der Waals surface area contributed by atoms with Crippen LogP contribution in [0.5, 0.6) is 0 Å². The average Bonchev–Trinajstić information content (AvgIpc) is 3.48. The maximum atomic E-state index is 13.3. The summed E-state index contributed by atoms with van der Waals surface area (Å²) in [6, 6.07) is 16.3. The molecule has 9 heteroatoms. The molecule has 0 aliphatic carbocycles. The maximum absolute atomic E-state index is 13.3. The van der Waals surface area contributed by atoms with Gasteiger partial charge in [0.25, 0.3) is 5.56 Å². The fraction of sp³-hybridized carbons (Fsp3) is 0.130. The number of hydrogen-bond acceptors (Lipinski definition) is 8. The second-order valence-electron chi connectivity index (χ2n) is 6.95. The first-order valence-electron chi connectivity index (χ1n) is 9.75. The van der Waals surface area contributed by atoms with Crippen LogP contribution in [0.4, 0.5) is 0 Å². The van der Waals surface area contributed by atoms with Gasteiger partial charge in [-0.2, -0.15) is 0 Å². The van der Waals surface area contributed by atoms with E-state index in [9.17, 15) is 9.59 Å². The number of furan rings is 1. The van der Waals surface area contributed by atoms with Gasteiger partial charge in [-0.25, -0.2) is 14.8 Å². The molecule has 2 aromatic carbocycles. The van der Waals surface area contributed by atoms with Crippen molar-refractivity contribution in [3.05, 3.63) is 87.5 Å². The van der Waals surface area contributed by atoms with Gasteiger partial charge in [-0.1, -0.05) is 23.9 Å². The Labute approximate surface area is 190 Å². The van der Waals surface area contributed by atoms with Crippen LogP contribution in [0.3, 0.4) is 0 Å². The highest BCUT2D eigenvalue weighted by Crippen LogP contribution is 2.28. The third-order valence-corrected chi connectivity index (χ3v) is 7.11. The lowest BCUT2D eigenvalue weighted by atomic mass is 10.1. The van der Waals surface area contributed by atoms with Crippen molar-refractivity contribution in [1.29, 1.82) is 0 Å². The molecule has 5 aromatic rings. The van der Waals surface area contributed by atoms with Crippen molar-refractivity contribution in [3.63, 3.8) is 0 Å². The molecule has 0 aliphatic heterocycles. The first-order valence-corrected chi connectivity index (χ1v) is 11.5. The second kappa shape index (κ2) is 8.60. The van der Waals surface area contributed by atoms with Crippen LogP contribution in [0.1, 0.15) is 21.1 Å². The molecule has 0 atom stereocenters. The highest BCUT2D eigenvalue weighted by molar-refractivity contribution is 7.98. The molecule has 0 fully saturated rings. The minimum atomic E-state index is -0.475. The Kier molecular flexibility index (Phi) is 5.50. The number of carbonyl (C=O) groups is 1. The molecule has 0 bridgehead atoms. The van der Waals surface area contributed by atoms with Gasteiger partial charge in [0.1, 0.15) is 10.8 Å². The van der Waals surface area contributed by atoms with Crippen LogP contribution in [0.2, 0.25) is 0 Å². The first-order chi connectivity index (χ1) is 15.6. The number of fused-ring (bicyclic) bond motifs is 2. The minimum Gasteiger partial charge on any atom is -0.467 e. The Hall–Kier alpha value is -3.43. The van der Waals surface area contributed by atoms with Crippen LogP contribution in [0.15, 0.2) is 75.2 Å². The molecule has 160 valence electrons. The van der Waals surface area contributed by atoms with Gasteiger partial charge in [-0.05, 0) is 42.5 Å². The quantitative estimate of drug-likeness (QED) is 0.204. The van der Waals surface area contributed by atoms with E-state index in [1.54, 1.807) is 46.4 Å². The number of nitrogens with zero attached hydrogens (tertiary/aromatic N) is 3. The van der Waals surface area contributed by atoms with Gasteiger partial charge in [-0.3, -0.25) is 9.36 Å². The molecule has 0 N–H and O–H groups in total. The van der Waals surface area contributed by atoms with Crippen molar-refractivity contribution >= 4 is 50.2 Å². The number of benzene rings is 2. The van der Waals surface area contributed by atoms with E-state index in [-0.39, 0.29) is 12.1 Å². The normalized spacial score (nSPS) is 11.3. The molecule has 0 aliphatic rings. The molecule has 3 heterocycles. The predicted molar refractivity (Wildman–Crippen MR) is 124 cm³/mol. The molecule has 0 spiro atoms. The van der Waals surface area contributed by atoms with E-state index in [0.29, 0.717) is 33.1 Å². The summed E-state index contributed by atoms with van der Waals surface area (Å²) in [5.41, 5.74) is 1.54. The fourth-order valence-electron chi connectivity index (χ4n) is 3.36. The summed E-state index contributed by atoms with van der Waals surface area (Å²) < 4.78 is 13.0. The summed E-state index contributed by atoms with van der Waals surface area (Å²) in [4.78, 5) is 34.6. The van der Waals surface area contributed by atoms with E-state index in [0.717, 1.165) is 15.2 Å². The number of hydrogen-bond donors (Lipinski definition) is 0. The lowest BCUT2D eigenvalue weighted by molar-refractivity contribution is 0.0601. The highest BCUT2D eigenvalue weighted by atomic mass is 32.2. The number of esters is 1. The van der Waals surface area contributed by atoms with E-state index < -0.39 is 5.97 Å². The van der Waals surface area contributed by atoms with E-state index in [1.165, 1.54) is 18.9 Å². The number of aromatic nitrogens is 3. The number of ether oxygens (including phenoxy) is 1. The zero-order valence-corrected chi connectivity index (χ0v) is 18.6. The van der Waals surface area contributed by atoms with E-state index in [2.05, 4.69) is 4.98 Å². The lowest BCUT2D eigenvalue weighted by Gasteiger charge is -2.12. The molecular formula is C23H17N3O4S2. The zero-order chi connectivity index (χ0) is 22.1. The molecule has 5 rings (SSSR count). The topological polar surface area (TPSA) is 87.2 Å². The van der Waals surface area contributed by atoms with Crippen LogP contribution in [-0.2, 0) is 17.0 Å². The molecule has 32 heavy (non-hydrogen) atoms. The number of thioether (sulfide) groups is 1. The summed E-state index contributed by atoms with van der Waals surface area (Å²) in [6.45, 7) is 0.260. The number of rotatable bonds is 6. The summed E-state index contributed by atoms with van der Waals surface area (Å²) >= 11 is 3.05. The monoisotopic (exact) mass is 463 g/mol. The Morgan fingerprint density at radius 3 is 2.78 bits per heavy atom. The summed E-state index contributed by atoms with van der Waals surface area (Å²) in [6.07, 6.45) is 1.57. The molecule has 3 aromatic heterocycles. The lowest BCUT2D eigenvalue weighted by Crippen LogP contribution is -2.24. The van der Waals surface area contributed by atoms with Gasteiger partial charge >= 0.3 is 5.97 Å². The molecule has 7 nitrogen and oxygen atoms in total. The van der Waals surface area contributed by atoms with Gasteiger partial charge in [0.05, 0.1) is 52.4 Å². The van der Waals surface area contributed by atoms with Crippen LogP contribution >= 0.6 is 23.1 Å². The number of thiazole rings is 1. The Morgan fingerprint density at radius 2 is 2.00 bits per heavy atom. The van der Waals surface area contributed by atoms with Crippen molar-refractivity contribution in [2.75, 3.05) is 7.11 Å². The van der Waals surface area contributed by atoms with Crippen molar-refractivity contribution in [3.8, 4) is 0 Å². The van der Waals surface area contributed by atoms with Crippen molar-refractivity contribution < 1.29 is 13.9 Å². The smallest absolute Gasteiger partial charge is 0.337 e. The third kappa shape index (κ3) is 3.92. The molecule has 0 amide bonds. The van der Waals surface area contributed by atoms with E-state index in [4.69, 9.17) is 14.1 Å². The SMILES string of the molecule is COC(=O)c1ccc2c(=O)n(Cc3ccco3)c(SCc3nc4ccccc4s3)nc2c1. The second-order valence-corrected chi connectivity index (χ2v) is 9.01. The Balaban J connectivity index is 1.56. The van der Waals surface area contributed by atoms with Crippen molar-refractivity contribution in [2.24, 2.45) is 0 Å². The standard InChI is InChI=1S/C23H17N3O4S2/c1-29-22(28)14-8-9-16-18(11-14)25-23(26(21(16)27)12-15-5-4-10-30-15)31-13-20-24-17-6-2-3-7-19(17)32-20/h2-11H,12-13H2,1H3. The summed E-state index contributed by atoms with van der Waals surface area (Å²) in [7, 11) is 1.32. The minimum absolute atomic E-state index is 0.199. The van der Waals surface area contributed by atoms with Crippen LogP contribution < -0.4 is 5.56 Å². The molecule has 0 saturated carbocycles. The van der Waals surface area contributed by atoms with Gasteiger partial charge in [0.15, 0.2) is 5.16 Å². The summed E-state index contributed by atoms with van der Waals surface area (Å²) in [5.74, 6) is 0.741. The van der Waals surface area contributed by atoms with Crippen LogP contribution in [0, 0.1) is 0 Å². The van der Waals surface area contributed by atoms with Crippen LogP contribution in [0.25, 0.3) is 21.1 Å². The zero-order valence-electron chi connectivity index (χ0n) is 17.0. The first kappa shape index (κ1) is 20.5. The predicted octanol–water partition coefficient (Wildman–Crippen LogP) is 4.73. The molecular weight excluding hydrogens is 446 g/mol. The summed E-state index contributed by atoms with van der Waals surface area (Å²) in [5, 5.41) is 1.90. The highest BCUT2D eigenvalue weighted by Gasteiger charge is 2.16. The Bertz CT molecular complexity index is 1460. The fourth-order valence-corrected chi connectivity index (χ4v) is 5.32. The Morgan fingerprint density at radius 1 is 1.12 bits per heavy atom. The average molecular weight is 464 g/mol. The number of carbonyl (C=O) groups excluding carboxylic acids is 1. The maximum Gasteiger partial charge on any atom is 0.337 e. The van der Waals surface area contributed by atoms with Crippen molar-refractivity contribution in [1.82, 2.24) is 14.5 Å². The van der Waals surface area contributed by atoms with Crippen molar-refractivity contribution in [2.45, 2.75) is 17.5 Å². The number of para-hydroxylation sites is 1. The van der Waals surface area contributed by atoms with E-state index in [1.807, 2.05) is 30.3 Å². The van der Waals surface area contributed by atoms with Gasteiger partial charge in [0.2, 0.25) is 0 Å². The van der Waals surface area contributed by atoms with E-state index >= 15 is 0 Å². The van der Waals surface area contributed by atoms with Crippen LogP contribution in [-0.4, -0.2) is 27.6 Å². The van der Waals surface area contributed by atoms with Gasteiger partial charge < -0.3 is 9.15 Å². The third-order valence-electron chi connectivity index (χ3n) is 4.90.